The smallest absolute Gasteiger partial charge is 0.245 e. The van der Waals surface area contributed by atoms with Crippen molar-refractivity contribution in [2.24, 2.45) is 5.41 Å². The standard InChI is InChI=1S/C17H32N2O2/c1-6-7-8-9-10-11-12-19-14(17(3,4)5)15(20)18-13(2)16(19)21/h13-14H,6-12H2,1-5H3,(H,18,20). The first-order valence-electron chi connectivity index (χ1n) is 8.40. The number of unbranched alkanes of at least 4 members (excludes halogenated alkanes) is 5. The highest BCUT2D eigenvalue weighted by atomic mass is 16.2. The summed E-state index contributed by atoms with van der Waals surface area (Å²) in [6.07, 6.45) is 7.14. The van der Waals surface area contributed by atoms with Gasteiger partial charge in [0, 0.05) is 6.54 Å². The fraction of sp³-hybridized carbons (Fsp3) is 0.882. The lowest BCUT2D eigenvalue weighted by Crippen LogP contribution is -2.66. The number of hydrogen-bond donors (Lipinski definition) is 1. The van der Waals surface area contributed by atoms with Gasteiger partial charge in [-0.2, -0.15) is 0 Å². The summed E-state index contributed by atoms with van der Waals surface area (Å²) in [6, 6.07) is -0.743. The molecule has 1 aliphatic heterocycles. The molecule has 1 aliphatic rings. The molecule has 2 amide bonds. The Bertz CT molecular complexity index is 360. The van der Waals surface area contributed by atoms with Crippen LogP contribution in [0.3, 0.4) is 0 Å². The summed E-state index contributed by atoms with van der Waals surface area (Å²) in [5.74, 6) is 0.0451. The predicted molar refractivity (Wildman–Crippen MR) is 85.9 cm³/mol. The Morgan fingerprint density at radius 1 is 1.05 bits per heavy atom. The van der Waals surface area contributed by atoms with Crippen molar-refractivity contribution >= 4 is 11.8 Å². The third-order valence-corrected chi connectivity index (χ3v) is 4.15. The number of rotatable bonds is 7. The van der Waals surface area contributed by atoms with Gasteiger partial charge in [0.1, 0.15) is 12.1 Å². The Kier molecular flexibility index (Phi) is 6.69. The number of nitrogens with zero attached hydrogens (tertiary/aromatic N) is 1. The highest BCUT2D eigenvalue weighted by Crippen LogP contribution is 2.28. The van der Waals surface area contributed by atoms with Crippen LogP contribution in [0.5, 0.6) is 0 Å². The van der Waals surface area contributed by atoms with Crippen molar-refractivity contribution in [1.29, 1.82) is 0 Å². The van der Waals surface area contributed by atoms with Crippen LogP contribution in [0.2, 0.25) is 0 Å². The lowest BCUT2D eigenvalue weighted by molar-refractivity contribution is -0.153. The Balaban J connectivity index is 2.60. The van der Waals surface area contributed by atoms with Gasteiger partial charge in [-0.15, -0.1) is 0 Å². The lowest BCUT2D eigenvalue weighted by Gasteiger charge is -2.44. The van der Waals surface area contributed by atoms with Crippen LogP contribution in [0.4, 0.5) is 0 Å². The normalized spacial score (nSPS) is 23.4. The third kappa shape index (κ3) is 5.01. The molecule has 0 aromatic carbocycles. The van der Waals surface area contributed by atoms with Gasteiger partial charge in [0.15, 0.2) is 0 Å². The van der Waals surface area contributed by atoms with Crippen LogP contribution in [0, 0.1) is 5.41 Å². The average molecular weight is 296 g/mol. The van der Waals surface area contributed by atoms with Gasteiger partial charge in [0.05, 0.1) is 0 Å². The van der Waals surface area contributed by atoms with Gasteiger partial charge in [-0.05, 0) is 18.8 Å². The minimum atomic E-state index is -0.392. The van der Waals surface area contributed by atoms with E-state index in [0.717, 1.165) is 12.8 Å². The van der Waals surface area contributed by atoms with E-state index in [0.29, 0.717) is 6.54 Å². The molecule has 122 valence electrons. The van der Waals surface area contributed by atoms with Crippen molar-refractivity contribution in [3.05, 3.63) is 0 Å². The number of hydrogen-bond acceptors (Lipinski definition) is 2. The molecule has 2 unspecified atom stereocenters. The Labute approximate surface area is 129 Å². The molecular formula is C17H32N2O2. The number of amides is 2. The molecule has 0 spiro atoms. The summed E-state index contributed by atoms with van der Waals surface area (Å²) in [7, 11) is 0. The second kappa shape index (κ2) is 7.81. The van der Waals surface area contributed by atoms with E-state index in [9.17, 15) is 9.59 Å². The fourth-order valence-electron chi connectivity index (χ4n) is 3.03. The highest BCUT2D eigenvalue weighted by molar-refractivity contribution is 5.97. The second-order valence-corrected chi connectivity index (χ2v) is 7.30. The summed E-state index contributed by atoms with van der Waals surface area (Å²) < 4.78 is 0. The molecule has 1 fully saturated rings. The average Bonchev–Trinajstić information content (AvgIpc) is 2.37. The minimum Gasteiger partial charge on any atom is -0.343 e. The van der Waals surface area contributed by atoms with E-state index < -0.39 is 6.04 Å². The van der Waals surface area contributed by atoms with Crippen LogP contribution in [0.25, 0.3) is 0 Å². The zero-order valence-corrected chi connectivity index (χ0v) is 14.4. The number of carbonyl (C=O) groups excluding carboxylic acids is 2. The monoisotopic (exact) mass is 296 g/mol. The fourth-order valence-corrected chi connectivity index (χ4v) is 3.03. The second-order valence-electron chi connectivity index (χ2n) is 7.30. The van der Waals surface area contributed by atoms with Crippen molar-refractivity contribution in [2.75, 3.05) is 6.54 Å². The maximum atomic E-state index is 12.4. The summed E-state index contributed by atoms with van der Waals surface area (Å²) in [5.41, 5.74) is -0.234. The predicted octanol–water partition coefficient (Wildman–Crippen LogP) is 3.11. The maximum Gasteiger partial charge on any atom is 0.245 e. The van der Waals surface area contributed by atoms with Gasteiger partial charge < -0.3 is 10.2 Å². The van der Waals surface area contributed by atoms with Crippen molar-refractivity contribution in [3.8, 4) is 0 Å². The van der Waals surface area contributed by atoms with Gasteiger partial charge >= 0.3 is 0 Å². The van der Waals surface area contributed by atoms with Crippen molar-refractivity contribution < 1.29 is 9.59 Å². The van der Waals surface area contributed by atoms with Crippen LogP contribution < -0.4 is 5.32 Å². The first-order valence-corrected chi connectivity index (χ1v) is 8.40. The summed E-state index contributed by atoms with van der Waals surface area (Å²) in [4.78, 5) is 26.5. The summed E-state index contributed by atoms with van der Waals surface area (Å²) >= 11 is 0. The summed E-state index contributed by atoms with van der Waals surface area (Å²) in [6.45, 7) is 10.7. The third-order valence-electron chi connectivity index (χ3n) is 4.15. The van der Waals surface area contributed by atoms with Crippen molar-refractivity contribution in [3.63, 3.8) is 0 Å². The number of carbonyl (C=O) groups is 2. The van der Waals surface area contributed by atoms with E-state index in [1.807, 2.05) is 25.7 Å². The van der Waals surface area contributed by atoms with Crippen molar-refractivity contribution in [1.82, 2.24) is 10.2 Å². The van der Waals surface area contributed by atoms with Crippen LogP contribution >= 0.6 is 0 Å². The van der Waals surface area contributed by atoms with Gasteiger partial charge in [0.2, 0.25) is 11.8 Å². The van der Waals surface area contributed by atoms with E-state index in [1.165, 1.54) is 25.7 Å². The Morgan fingerprint density at radius 3 is 2.19 bits per heavy atom. The molecule has 0 radical (unpaired) electrons. The molecule has 1 rings (SSSR count). The first-order chi connectivity index (χ1) is 9.79. The highest BCUT2D eigenvalue weighted by Gasteiger charge is 2.44. The molecule has 0 saturated carbocycles. The minimum absolute atomic E-state index is 0.0133. The van der Waals surface area contributed by atoms with Gasteiger partial charge in [-0.1, -0.05) is 59.8 Å². The Hall–Kier alpha value is -1.06. The molecule has 0 aromatic heterocycles. The number of piperazine rings is 1. The maximum absolute atomic E-state index is 12.4. The first kappa shape index (κ1) is 18.0. The lowest BCUT2D eigenvalue weighted by atomic mass is 9.83. The van der Waals surface area contributed by atoms with E-state index in [2.05, 4.69) is 12.2 Å². The van der Waals surface area contributed by atoms with E-state index in [1.54, 1.807) is 6.92 Å². The molecule has 4 heteroatoms. The van der Waals surface area contributed by atoms with E-state index in [4.69, 9.17) is 0 Å². The molecule has 4 nitrogen and oxygen atoms in total. The molecule has 1 N–H and O–H groups in total. The largest absolute Gasteiger partial charge is 0.343 e. The van der Waals surface area contributed by atoms with Gasteiger partial charge in [-0.25, -0.2) is 0 Å². The van der Waals surface area contributed by atoms with Crippen LogP contribution in [0.1, 0.15) is 73.1 Å². The Morgan fingerprint density at radius 2 is 1.62 bits per heavy atom. The molecular weight excluding hydrogens is 264 g/mol. The molecule has 0 bridgehead atoms. The van der Waals surface area contributed by atoms with Crippen molar-refractivity contribution in [2.45, 2.75) is 85.2 Å². The zero-order chi connectivity index (χ0) is 16.0. The topological polar surface area (TPSA) is 49.4 Å². The zero-order valence-electron chi connectivity index (χ0n) is 14.4. The van der Waals surface area contributed by atoms with E-state index >= 15 is 0 Å². The van der Waals surface area contributed by atoms with E-state index in [-0.39, 0.29) is 23.3 Å². The van der Waals surface area contributed by atoms with Crippen LogP contribution in [0.15, 0.2) is 0 Å². The quantitative estimate of drug-likeness (QED) is 0.734. The van der Waals surface area contributed by atoms with Gasteiger partial charge in [0.25, 0.3) is 0 Å². The number of nitrogens with one attached hydrogen (secondary N) is 1. The molecule has 0 aromatic rings. The SMILES string of the molecule is CCCCCCCCN1C(=O)C(C)NC(=O)C1C(C)(C)C. The molecule has 1 heterocycles. The molecule has 1 saturated heterocycles. The summed E-state index contributed by atoms with van der Waals surface area (Å²) in [5, 5.41) is 2.80. The van der Waals surface area contributed by atoms with Crippen LogP contribution in [-0.4, -0.2) is 35.3 Å². The van der Waals surface area contributed by atoms with Gasteiger partial charge in [-0.3, -0.25) is 9.59 Å². The van der Waals surface area contributed by atoms with Crippen LogP contribution in [-0.2, 0) is 9.59 Å². The molecule has 0 aliphatic carbocycles. The molecule has 21 heavy (non-hydrogen) atoms. The molecule has 2 atom stereocenters.